The van der Waals surface area contributed by atoms with E-state index in [9.17, 15) is 34.7 Å². The van der Waals surface area contributed by atoms with Crippen LogP contribution in [0.4, 0.5) is 4.79 Å². The summed E-state index contributed by atoms with van der Waals surface area (Å²) in [5.74, 6) is -2.79. The monoisotopic (exact) mass is 464 g/mol. The molecular weight excluding hydrogens is 436 g/mol. The fourth-order valence-corrected chi connectivity index (χ4v) is 2.70. The molecular formula is C21H28N4O8. The minimum Gasteiger partial charge on any atom is -0.508 e. The van der Waals surface area contributed by atoms with E-state index in [1.54, 1.807) is 26.8 Å². The minimum atomic E-state index is -1.54. The average molecular weight is 464 g/mol. The molecule has 0 aromatic heterocycles. The van der Waals surface area contributed by atoms with Gasteiger partial charge in [-0.2, -0.15) is 5.26 Å². The van der Waals surface area contributed by atoms with E-state index in [0.717, 1.165) is 12.0 Å². The van der Waals surface area contributed by atoms with Crippen LogP contribution in [0.1, 0.15) is 32.4 Å². The van der Waals surface area contributed by atoms with E-state index in [4.69, 9.17) is 4.74 Å². The molecule has 4 N–H and O–H groups in total. The van der Waals surface area contributed by atoms with Crippen LogP contribution >= 0.6 is 0 Å². The molecule has 2 atom stereocenters. The number of methoxy groups -OCH3 is 1. The maximum Gasteiger partial charge on any atom is 0.408 e. The number of nitriles is 1. The Morgan fingerprint density at radius 1 is 1.24 bits per heavy atom. The van der Waals surface area contributed by atoms with E-state index in [-0.39, 0.29) is 11.3 Å². The number of aliphatic hydroxyl groups is 1. The minimum absolute atomic E-state index is 0.120. The summed E-state index contributed by atoms with van der Waals surface area (Å²) >= 11 is 0. The van der Waals surface area contributed by atoms with Crippen molar-refractivity contribution in [3.8, 4) is 11.8 Å². The Hall–Kier alpha value is -3.85. The van der Waals surface area contributed by atoms with Crippen LogP contribution in [0.25, 0.3) is 0 Å². The van der Waals surface area contributed by atoms with Crippen LogP contribution < -0.4 is 10.6 Å². The fraction of sp³-hybridized carbons (Fsp3) is 0.476. The van der Waals surface area contributed by atoms with Gasteiger partial charge in [-0.1, -0.05) is 12.1 Å². The Kier molecular flexibility index (Phi) is 10.1. The smallest absolute Gasteiger partial charge is 0.408 e. The number of aromatic hydroxyl groups is 1. The molecule has 33 heavy (non-hydrogen) atoms. The number of amides is 3. The molecule has 0 saturated carbocycles. The maximum absolute atomic E-state index is 13.2. The van der Waals surface area contributed by atoms with E-state index in [1.165, 1.54) is 24.3 Å². The normalized spacial score (nSPS) is 12.5. The first-order chi connectivity index (χ1) is 15.4. The largest absolute Gasteiger partial charge is 0.508 e. The van der Waals surface area contributed by atoms with Crippen LogP contribution in [0.5, 0.6) is 5.75 Å². The molecule has 0 heterocycles. The molecule has 0 radical (unpaired) electrons. The Morgan fingerprint density at radius 3 is 2.42 bits per heavy atom. The predicted octanol–water partition coefficient (Wildman–Crippen LogP) is -0.0397. The molecule has 12 heteroatoms. The number of alkyl carbamates (subject to hydrolysis) is 1. The Bertz CT molecular complexity index is 906. The molecule has 0 aliphatic carbocycles. The summed E-state index contributed by atoms with van der Waals surface area (Å²) in [6, 6.07) is 4.12. The third-order valence-corrected chi connectivity index (χ3v) is 4.08. The molecule has 0 fully saturated rings. The van der Waals surface area contributed by atoms with Crippen LogP contribution in [0.2, 0.25) is 0 Å². The number of phenols is 1. The Labute approximate surface area is 191 Å². The molecule has 0 aliphatic heterocycles. The van der Waals surface area contributed by atoms with E-state index >= 15 is 0 Å². The second-order valence-corrected chi connectivity index (χ2v) is 7.80. The summed E-state index contributed by atoms with van der Waals surface area (Å²) in [6.07, 6.45) is -0.990. The molecule has 1 rings (SSSR count). The predicted molar refractivity (Wildman–Crippen MR) is 113 cm³/mol. The standard InChI is InChI=1S/C21H28N4O8/c1-21(2,3)33-20(31)24-15(12-26)19(30)25(9-8-22)17(13-6-5-7-14(27)10-13)18(29)23-11-16(28)32-4/h5-7,10,15,17,26-27H,9,11-12H2,1-4H3,(H,23,29)(H,24,31). The Balaban J connectivity index is 3.31. The number of carbonyl (C=O) groups excluding carboxylic acids is 4. The van der Waals surface area contributed by atoms with Gasteiger partial charge < -0.3 is 35.2 Å². The van der Waals surface area contributed by atoms with E-state index in [0.29, 0.717) is 0 Å². The summed E-state index contributed by atoms with van der Waals surface area (Å²) in [7, 11) is 1.13. The molecule has 180 valence electrons. The molecule has 0 spiro atoms. The summed E-state index contributed by atoms with van der Waals surface area (Å²) in [4.78, 5) is 50.5. The number of rotatable bonds is 9. The average Bonchev–Trinajstić information content (AvgIpc) is 2.73. The molecule has 0 bridgehead atoms. The van der Waals surface area contributed by atoms with Crippen molar-refractivity contribution in [1.82, 2.24) is 15.5 Å². The van der Waals surface area contributed by atoms with Crippen molar-refractivity contribution in [2.75, 3.05) is 26.8 Å². The molecule has 2 unspecified atom stereocenters. The number of hydrogen-bond acceptors (Lipinski definition) is 9. The van der Waals surface area contributed by atoms with Crippen molar-refractivity contribution < 1.29 is 38.9 Å². The van der Waals surface area contributed by atoms with Gasteiger partial charge in [-0.15, -0.1) is 0 Å². The van der Waals surface area contributed by atoms with Crippen molar-refractivity contribution >= 4 is 23.9 Å². The van der Waals surface area contributed by atoms with Crippen LogP contribution in [0.15, 0.2) is 24.3 Å². The maximum atomic E-state index is 13.2. The summed E-state index contributed by atoms with van der Waals surface area (Å²) in [6.45, 7) is 2.84. The lowest BCUT2D eigenvalue weighted by Crippen LogP contribution is -2.54. The molecule has 1 aromatic rings. The summed E-state index contributed by atoms with van der Waals surface area (Å²) in [5, 5.41) is 33.3. The molecule has 3 amide bonds. The number of nitrogens with one attached hydrogen (secondary N) is 2. The lowest BCUT2D eigenvalue weighted by Gasteiger charge is -2.32. The van der Waals surface area contributed by atoms with Crippen molar-refractivity contribution in [1.29, 1.82) is 5.26 Å². The van der Waals surface area contributed by atoms with Gasteiger partial charge in [-0.25, -0.2) is 4.79 Å². The highest BCUT2D eigenvalue weighted by Crippen LogP contribution is 2.25. The van der Waals surface area contributed by atoms with Crippen LogP contribution in [0.3, 0.4) is 0 Å². The number of aliphatic hydroxyl groups excluding tert-OH is 1. The lowest BCUT2D eigenvalue weighted by molar-refractivity contribution is -0.144. The zero-order chi connectivity index (χ0) is 25.2. The van der Waals surface area contributed by atoms with Crippen molar-refractivity contribution in [3.05, 3.63) is 29.8 Å². The third kappa shape index (κ3) is 8.66. The van der Waals surface area contributed by atoms with Gasteiger partial charge in [-0.05, 0) is 38.5 Å². The van der Waals surface area contributed by atoms with Crippen LogP contribution in [-0.4, -0.2) is 77.4 Å². The van der Waals surface area contributed by atoms with Gasteiger partial charge >= 0.3 is 12.1 Å². The van der Waals surface area contributed by atoms with Gasteiger partial charge in [-0.3, -0.25) is 14.4 Å². The van der Waals surface area contributed by atoms with Gasteiger partial charge in [0, 0.05) is 0 Å². The van der Waals surface area contributed by atoms with Gasteiger partial charge in [0.1, 0.15) is 36.5 Å². The lowest BCUT2D eigenvalue weighted by atomic mass is 10.0. The summed E-state index contributed by atoms with van der Waals surface area (Å²) < 4.78 is 9.56. The molecule has 0 aliphatic rings. The highest BCUT2D eigenvalue weighted by molar-refractivity contribution is 5.93. The van der Waals surface area contributed by atoms with Gasteiger partial charge in [0.15, 0.2) is 0 Å². The first-order valence-electron chi connectivity index (χ1n) is 9.84. The number of ether oxygens (including phenoxy) is 2. The van der Waals surface area contributed by atoms with Crippen LogP contribution in [0, 0.1) is 11.3 Å². The fourth-order valence-electron chi connectivity index (χ4n) is 2.70. The zero-order valence-corrected chi connectivity index (χ0v) is 18.8. The summed E-state index contributed by atoms with van der Waals surface area (Å²) in [5.41, 5.74) is -0.757. The second-order valence-electron chi connectivity index (χ2n) is 7.80. The van der Waals surface area contributed by atoms with Crippen molar-refractivity contribution in [3.63, 3.8) is 0 Å². The zero-order valence-electron chi connectivity index (χ0n) is 18.8. The molecule has 0 saturated heterocycles. The first-order valence-corrected chi connectivity index (χ1v) is 9.84. The van der Waals surface area contributed by atoms with Gasteiger partial charge in [0.2, 0.25) is 11.8 Å². The van der Waals surface area contributed by atoms with E-state index in [1.807, 2.05) is 0 Å². The van der Waals surface area contributed by atoms with E-state index in [2.05, 4.69) is 15.4 Å². The number of nitrogens with zero attached hydrogens (tertiary/aromatic N) is 2. The number of hydrogen-bond donors (Lipinski definition) is 4. The quantitative estimate of drug-likeness (QED) is 0.288. The van der Waals surface area contributed by atoms with Gasteiger partial charge in [0.25, 0.3) is 0 Å². The number of esters is 1. The van der Waals surface area contributed by atoms with Crippen molar-refractivity contribution in [2.24, 2.45) is 0 Å². The highest BCUT2D eigenvalue weighted by Gasteiger charge is 2.36. The first kappa shape index (κ1) is 27.2. The molecule has 12 nitrogen and oxygen atoms in total. The van der Waals surface area contributed by atoms with Gasteiger partial charge in [0.05, 0.1) is 19.8 Å². The number of carbonyl (C=O) groups is 4. The number of benzene rings is 1. The number of phenolic OH excluding ortho intramolecular Hbond substituents is 1. The topological polar surface area (TPSA) is 178 Å². The third-order valence-electron chi connectivity index (χ3n) is 4.08. The van der Waals surface area contributed by atoms with Crippen molar-refractivity contribution in [2.45, 2.75) is 38.5 Å². The SMILES string of the molecule is COC(=O)CNC(=O)C(c1cccc(O)c1)N(CC#N)C(=O)C(CO)NC(=O)OC(C)(C)C. The Morgan fingerprint density at radius 2 is 1.91 bits per heavy atom. The second kappa shape index (κ2) is 12.3. The highest BCUT2D eigenvalue weighted by atomic mass is 16.6. The molecule has 1 aromatic carbocycles. The van der Waals surface area contributed by atoms with Crippen LogP contribution in [-0.2, 0) is 23.9 Å². The van der Waals surface area contributed by atoms with E-state index < -0.39 is 61.3 Å².